The molecule has 39 heavy (non-hydrogen) atoms. The van der Waals surface area contributed by atoms with Crippen molar-refractivity contribution in [2.75, 3.05) is 0 Å². The molecule has 1 amide bonds. The van der Waals surface area contributed by atoms with Crippen LogP contribution < -0.4 is 5.56 Å². The molecule has 0 fully saturated rings. The Labute approximate surface area is 231 Å². The van der Waals surface area contributed by atoms with E-state index in [0.29, 0.717) is 40.9 Å². The maximum atomic E-state index is 14.2. The standard InChI is InChI=1S/C32H27ClFN3O2/c1-3-29(36(20-22-12-5-4-6-13-22)31(38)24-14-8-7-11-21(24)2)30-35-28-16-10-9-15-25(28)32(39)37(30)23-17-18-27(34)26(33)19-23/h4-19,29H,3,20H2,1-2H3. The first kappa shape index (κ1) is 26.3. The molecule has 0 spiro atoms. The smallest absolute Gasteiger partial charge is 0.266 e. The summed E-state index contributed by atoms with van der Waals surface area (Å²) in [4.78, 5) is 34.8. The lowest BCUT2D eigenvalue weighted by Crippen LogP contribution is -2.38. The molecule has 5 rings (SSSR count). The zero-order valence-corrected chi connectivity index (χ0v) is 22.4. The number of carbonyl (C=O) groups excluding carboxylic acids is 1. The molecule has 0 bridgehead atoms. The average molecular weight is 540 g/mol. The molecule has 1 atom stereocenters. The first-order chi connectivity index (χ1) is 18.9. The SMILES string of the molecule is CCC(c1nc2ccccc2c(=O)n1-c1ccc(F)c(Cl)c1)N(Cc1ccccc1)C(=O)c1ccccc1C. The molecule has 0 N–H and O–H groups in total. The van der Waals surface area contributed by atoms with E-state index in [2.05, 4.69) is 0 Å². The second kappa shape index (κ2) is 11.2. The van der Waals surface area contributed by atoms with Crippen molar-refractivity contribution in [3.63, 3.8) is 0 Å². The molecule has 1 heterocycles. The minimum Gasteiger partial charge on any atom is -0.324 e. The molecular weight excluding hydrogens is 513 g/mol. The van der Waals surface area contributed by atoms with Crippen LogP contribution in [0.3, 0.4) is 0 Å². The molecule has 0 aliphatic heterocycles. The predicted octanol–water partition coefficient (Wildman–Crippen LogP) is 7.28. The van der Waals surface area contributed by atoms with E-state index in [1.54, 1.807) is 23.1 Å². The summed E-state index contributed by atoms with van der Waals surface area (Å²) in [7, 11) is 0. The van der Waals surface area contributed by atoms with E-state index in [4.69, 9.17) is 16.6 Å². The van der Waals surface area contributed by atoms with E-state index in [0.717, 1.165) is 11.1 Å². The number of rotatable bonds is 7. The maximum absolute atomic E-state index is 14.2. The van der Waals surface area contributed by atoms with Crippen LogP contribution in [0.4, 0.5) is 4.39 Å². The van der Waals surface area contributed by atoms with Gasteiger partial charge in [0.15, 0.2) is 0 Å². The highest BCUT2D eigenvalue weighted by Crippen LogP contribution is 2.30. The number of fused-ring (bicyclic) bond motifs is 1. The van der Waals surface area contributed by atoms with Crippen LogP contribution in [0.15, 0.2) is 102 Å². The van der Waals surface area contributed by atoms with Crippen LogP contribution in [-0.2, 0) is 6.54 Å². The van der Waals surface area contributed by atoms with Gasteiger partial charge in [0.25, 0.3) is 11.5 Å². The molecule has 7 heteroatoms. The fraction of sp³-hybridized carbons (Fsp3) is 0.156. The number of carbonyl (C=O) groups is 1. The zero-order valence-electron chi connectivity index (χ0n) is 21.6. The zero-order chi connectivity index (χ0) is 27.5. The minimum atomic E-state index is -0.587. The van der Waals surface area contributed by atoms with E-state index in [1.165, 1.54) is 22.8 Å². The third kappa shape index (κ3) is 5.20. The summed E-state index contributed by atoms with van der Waals surface area (Å²) in [6.07, 6.45) is 0.476. The second-order valence-electron chi connectivity index (χ2n) is 9.38. The number of aromatic nitrogens is 2. The lowest BCUT2D eigenvalue weighted by Gasteiger charge is -2.33. The topological polar surface area (TPSA) is 55.2 Å². The molecule has 0 saturated carbocycles. The molecule has 0 radical (unpaired) electrons. The van der Waals surface area contributed by atoms with Crippen LogP contribution in [0.5, 0.6) is 0 Å². The van der Waals surface area contributed by atoms with Crippen molar-refractivity contribution in [1.82, 2.24) is 14.5 Å². The van der Waals surface area contributed by atoms with Crippen molar-refractivity contribution in [2.45, 2.75) is 32.9 Å². The molecule has 5 nitrogen and oxygen atoms in total. The highest BCUT2D eigenvalue weighted by molar-refractivity contribution is 6.30. The van der Waals surface area contributed by atoms with Crippen molar-refractivity contribution in [2.24, 2.45) is 0 Å². The Bertz CT molecular complexity index is 1720. The molecule has 0 aliphatic carbocycles. The molecule has 4 aromatic carbocycles. The van der Waals surface area contributed by atoms with E-state index in [-0.39, 0.29) is 16.5 Å². The quantitative estimate of drug-likeness (QED) is 0.218. The van der Waals surface area contributed by atoms with E-state index >= 15 is 0 Å². The molecule has 0 saturated heterocycles. The number of nitrogens with zero attached hydrogens (tertiary/aromatic N) is 3. The number of halogens is 2. The van der Waals surface area contributed by atoms with E-state index < -0.39 is 11.9 Å². The number of benzene rings is 4. The van der Waals surface area contributed by atoms with Crippen molar-refractivity contribution < 1.29 is 9.18 Å². The molecule has 1 unspecified atom stereocenters. The van der Waals surface area contributed by atoms with Gasteiger partial charge in [-0.3, -0.25) is 14.2 Å². The van der Waals surface area contributed by atoms with Crippen LogP contribution in [-0.4, -0.2) is 20.4 Å². The average Bonchev–Trinajstić information content (AvgIpc) is 2.95. The fourth-order valence-corrected chi connectivity index (χ4v) is 5.04. The fourth-order valence-electron chi connectivity index (χ4n) is 4.86. The van der Waals surface area contributed by atoms with E-state index in [1.807, 2.05) is 74.5 Å². The van der Waals surface area contributed by atoms with Crippen LogP contribution in [0, 0.1) is 12.7 Å². The van der Waals surface area contributed by atoms with E-state index in [9.17, 15) is 14.0 Å². The Morgan fingerprint density at radius 3 is 2.38 bits per heavy atom. The number of hydrogen-bond donors (Lipinski definition) is 0. The molecule has 1 aromatic heterocycles. The summed E-state index contributed by atoms with van der Waals surface area (Å²) in [6, 6.07) is 27.8. The van der Waals surface area contributed by atoms with Crippen LogP contribution >= 0.6 is 11.6 Å². The van der Waals surface area contributed by atoms with Crippen LogP contribution in [0.2, 0.25) is 5.02 Å². The van der Waals surface area contributed by atoms with Gasteiger partial charge in [0.05, 0.1) is 27.7 Å². The van der Waals surface area contributed by atoms with Gasteiger partial charge in [-0.25, -0.2) is 9.37 Å². The summed E-state index contributed by atoms with van der Waals surface area (Å²) in [6.45, 7) is 4.16. The number of amides is 1. The number of hydrogen-bond acceptors (Lipinski definition) is 3. The van der Waals surface area contributed by atoms with Crippen molar-refractivity contribution >= 4 is 28.4 Å². The van der Waals surface area contributed by atoms with Gasteiger partial charge in [-0.15, -0.1) is 0 Å². The lowest BCUT2D eigenvalue weighted by molar-refractivity contribution is 0.0640. The van der Waals surface area contributed by atoms with Gasteiger partial charge >= 0.3 is 0 Å². The maximum Gasteiger partial charge on any atom is 0.266 e. The Morgan fingerprint density at radius 1 is 0.974 bits per heavy atom. The van der Waals surface area contributed by atoms with Crippen molar-refractivity contribution in [1.29, 1.82) is 0 Å². The summed E-state index contributed by atoms with van der Waals surface area (Å²) in [5.74, 6) is -0.382. The molecule has 5 aromatic rings. The third-order valence-electron chi connectivity index (χ3n) is 6.86. The molecule has 0 aliphatic rings. The third-order valence-corrected chi connectivity index (χ3v) is 7.15. The van der Waals surface area contributed by atoms with Gasteiger partial charge in [-0.1, -0.05) is 79.2 Å². The number of para-hydroxylation sites is 1. The highest BCUT2D eigenvalue weighted by atomic mass is 35.5. The second-order valence-corrected chi connectivity index (χ2v) is 9.79. The first-order valence-corrected chi connectivity index (χ1v) is 13.1. The van der Waals surface area contributed by atoms with Gasteiger partial charge in [0, 0.05) is 12.1 Å². The van der Waals surface area contributed by atoms with Crippen LogP contribution in [0.25, 0.3) is 16.6 Å². The van der Waals surface area contributed by atoms with Gasteiger partial charge in [0.2, 0.25) is 0 Å². The molecule has 196 valence electrons. The van der Waals surface area contributed by atoms with Crippen LogP contribution in [0.1, 0.15) is 46.7 Å². The van der Waals surface area contributed by atoms with Crippen molar-refractivity contribution in [3.8, 4) is 5.69 Å². The Morgan fingerprint density at radius 2 is 1.67 bits per heavy atom. The Hall–Kier alpha value is -4.29. The summed E-state index contributed by atoms with van der Waals surface area (Å²) < 4.78 is 15.6. The Kier molecular flexibility index (Phi) is 7.57. The van der Waals surface area contributed by atoms with Gasteiger partial charge < -0.3 is 4.90 Å². The summed E-state index contributed by atoms with van der Waals surface area (Å²) >= 11 is 6.14. The van der Waals surface area contributed by atoms with Gasteiger partial charge in [-0.05, 0) is 60.9 Å². The van der Waals surface area contributed by atoms with Gasteiger partial charge in [-0.2, -0.15) is 0 Å². The predicted molar refractivity (Wildman–Crippen MR) is 153 cm³/mol. The summed E-state index contributed by atoms with van der Waals surface area (Å²) in [5.41, 5.74) is 2.94. The minimum absolute atomic E-state index is 0.108. The Balaban J connectivity index is 1.76. The monoisotopic (exact) mass is 539 g/mol. The molecular formula is C32H27ClFN3O2. The first-order valence-electron chi connectivity index (χ1n) is 12.8. The highest BCUT2D eigenvalue weighted by Gasteiger charge is 2.30. The number of aryl methyl sites for hydroxylation is 1. The lowest BCUT2D eigenvalue weighted by atomic mass is 10.0. The summed E-state index contributed by atoms with van der Waals surface area (Å²) in [5, 5.41) is 0.306. The van der Waals surface area contributed by atoms with Gasteiger partial charge in [0.1, 0.15) is 11.6 Å². The normalized spacial score (nSPS) is 11.9. The largest absolute Gasteiger partial charge is 0.324 e. The van der Waals surface area contributed by atoms with Crippen molar-refractivity contribution in [3.05, 3.63) is 141 Å².